The Kier molecular flexibility index (Phi) is 6.78. The molecule has 124 valence electrons. The van der Waals surface area contributed by atoms with Crippen LogP contribution in [0.25, 0.3) is 0 Å². The van der Waals surface area contributed by atoms with E-state index in [1.165, 1.54) is 36.0 Å². The lowest BCUT2D eigenvalue weighted by molar-refractivity contribution is 0.722. The molecule has 0 aliphatic heterocycles. The largest absolute Gasteiger partial charge is 0.331 e. The topological polar surface area (TPSA) is 36.4 Å². The molecule has 0 amide bonds. The number of unbranched alkanes of at least 4 members (excludes halogenated alkanes) is 2. The van der Waals surface area contributed by atoms with Crippen molar-refractivity contribution in [2.75, 3.05) is 5.32 Å². The fraction of sp³-hybridized carbons (Fsp3) is 0.474. The Hall–Kier alpha value is -1.68. The highest BCUT2D eigenvalue weighted by atomic mass is 32.1. The summed E-state index contributed by atoms with van der Waals surface area (Å²) in [7, 11) is 0. The van der Waals surface area contributed by atoms with Gasteiger partial charge in [-0.3, -0.25) is 5.43 Å². The van der Waals surface area contributed by atoms with E-state index in [-0.39, 0.29) is 0 Å². The van der Waals surface area contributed by atoms with Crippen molar-refractivity contribution in [3.63, 3.8) is 0 Å². The maximum atomic E-state index is 5.37. The molecule has 1 aliphatic carbocycles. The van der Waals surface area contributed by atoms with E-state index in [9.17, 15) is 0 Å². The molecule has 1 aromatic rings. The Balaban J connectivity index is 1.90. The van der Waals surface area contributed by atoms with Crippen LogP contribution in [0.2, 0.25) is 0 Å². The molecule has 0 heterocycles. The van der Waals surface area contributed by atoms with Gasteiger partial charge < -0.3 is 5.32 Å². The molecule has 1 aromatic carbocycles. The first-order valence-corrected chi connectivity index (χ1v) is 8.91. The Morgan fingerprint density at radius 1 is 1.26 bits per heavy atom. The quantitative estimate of drug-likeness (QED) is 0.425. The van der Waals surface area contributed by atoms with Gasteiger partial charge in [0.25, 0.3) is 0 Å². The van der Waals surface area contributed by atoms with Crippen molar-refractivity contribution in [1.29, 1.82) is 0 Å². The molecular formula is C19H27N3S. The second-order valence-electron chi connectivity index (χ2n) is 6.10. The normalized spacial score (nSPS) is 15.6. The van der Waals surface area contributed by atoms with Crippen molar-refractivity contribution in [3.8, 4) is 0 Å². The van der Waals surface area contributed by atoms with E-state index < -0.39 is 0 Å². The van der Waals surface area contributed by atoms with E-state index in [2.05, 4.69) is 48.8 Å². The predicted molar refractivity (Wildman–Crippen MR) is 104 cm³/mol. The van der Waals surface area contributed by atoms with Gasteiger partial charge in [0.2, 0.25) is 0 Å². The van der Waals surface area contributed by atoms with Crippen LogP contribution in [0.15, 0.2) is 34.9 Å². The number of hydrogen-bond acceptors (Lipinski definition) is 2. The first kappa shape index (κ1) is 17.7. The predicted octanol–water partition coefficient (Wildman–Crippen LogP) is 5.25. The molecule has 0 spiro atoms. The van der Waals surface area contributed by atoms with Crippen molar-refractivity contribution in [2.45, 2.75) is 59.3 Å². The number of hydrogen-bond donors (Lipinski definition) is 2. The average Bonchev–Trinajstić information content (AvgIpc) is 2.98. The molecule has 0 saturated carbocycles. The van der Waals surface area contributed by atoms with Crippen LogP contribution >= 0.6 is 12.2 Å². The molecule has 0 fully saturated rings. The Morgan fingerprint density at radius 2 is 2.09 bits per heavy atom. The standard InChI is InChI=1S/C19H27N3S/c1-4-5-6-10-16-11-8-13-18(16)21-22-19(23)20-17-12-7-9-14(2)15(17)3/h7,9,11-12H,4-6,8,10,13H2,1-3H3,(H2,20,22,23)/b21-18-. The van der Waals surface area contributed by atoms with Crippen LogP contribution < -0.4 is 10.7 Å². The van der Waals surface area contributed by atoms with Crippen LogP contribution in [0, 0.1) is 13.8 Å². The Bertz CT molecular complexity index is 617. The maximum Gasteiger partial charge on any atom is 0.191 e. The molecule has 0 aromatic heterocycles. The van der Waals surface area contributed by atoms with Gasteiger partial charge >= 0.3 is 0 Å². The van der Waals surface area contributed by atoms with Crippen LogP contribution in [-0.2, 0) is 0 Å². The van der Waals surface area contributed by atoms with Gasteiger partial charge in [0.05, 0.1) is 5.71 Å². The zero-order chi connectivity index (χ0) is 16.7. The minimum Gasteiger partial charge on any atom is -0.331 e. The molecule has 3 nitrogen and oxygen atoms in total. The lowest BCUT2D eigenvalue weighted by Crippen LogP contribution is -2.25. The van der Waals surface area contributed by atoms with E-state index in [0.29, 0.717) is 5.11 Å². The smallest absolute Gasteiger partial charge is 0.191 e. The molecule has 2 N–H and O–H groups in total. The van der Waals surface area contributed by atoms with Gasteiger partial charge in [0.15, 0.2) is 5.11 Å². The second-order valence-corrected chi connectivity index (χ2v) is 6.51. The number of nitrogens with zero attached hydrogens (tertiary/aromatic N) is 1. The molecular weight excluding hydrogens is 302 g/mol. The van der Waals surface area contributed by atoms with E-state index >= 15 is 0 Å². The van der Waals surface area contributed by atoms with E-state index in [1.807, 2.05) is 12.1 Å². The van der Waals surface area contributed by atoms with Gasteiger partial charge in [0.1, 0.15) is 0 Å². The number of nitrogens with one attached hydrogen (secondary N) is 2. The fourth-order valence-electron chi connectivity index (χ4n) is 2.76. The van der Waals surface area contributed by atoms with Crippen LogP contribution in [-0.4, -0.2) is 10.8 Å². The number of rotatable bonds is 6. The van der Waals surface area contributed by atoms with E-state index in [1.54, 1.807) is 0 Å². The summed E-state index contributed by atoms with van der Waals surface area (Å²) in [6.07, 6.45) is 9.33. The van der Waals surface area contributed by atoms with E-state index in [0.717, 1.165) is 30.7 Å². The lowest BCUT2D eigenvalue weighted by atomic mass is 10.1. The summed E-state index contributed by atoms with van der Waals surface area (Å²) in [5.74, 6) is 0. The number of aryl methyl sites for hydroxylation is 1. The minimum absolute atomic E-state index is 0.547. The summed E-state index contributed by atoms with van der Waals surface area (Å²) in [6, 6.07) is 6.17. The van der Waals surface area contributed by atoms with Crippen LogP contribution in [0.1, 0.15) is 56.6 Å². The third kappa shape index (κ3) is 5.17. The summed E-state index contributed by atoms with van der Waals surface area (Å²) in [4.78, 5) is 0. The SMILES string of the molecule is CCCCCC1=CCC/C1=N/NC(=S)Nc1cccc(C)c1C. The lowest BCUT2D eigenvalue weighted by Gasteiger charge is -2.12. The van der Waals surface area contributed by atoms with Crippen molar-refractivity contribution in [3.05, 3.63) is 41.0 Å². The molecule has 1 aliphatic rings. The fourth-order valence-corrected chi connectivity index (χ4v) is 2.91. The molecule has 23 heavy (non-hydrogen) atoms. The van der Waals surface area contributed by atoms with Gasteiger partial charge in [-0.2, -0.15) is 5.10 Å². The number of thiocarbonyl (C=S) groups is 1. The van der Waals surface area contributed by atoms with Gasteiger partial charge in [-0.15, -0.1) is 0 Å². The molecule has 2 rings (SSSR count). The first-order valence-electron chi connectivity index (χ1n) is 8.51. The third-order valence-corrected chi connectivity index (χ3v) is 4.53. The highest BCUT2D eigenvalue weighted by Crippen LogP contribution is 2.21. The highest BCUT2D eigenvalue weighted by molar-refractivity contribution is 7.80. The summed E-state index contributed by atoms with van der Waals surface area (Å²) in [6.45, 7) is 6.43. The van der Waals surface area contributed by atoms with Gasteiger partial charge in [-0.05, 0) is 74.5 Å². The molecule has 0 radical (unpaired) electrons. The molecule has 4 heteroatoms. The second kappa shape index (κ2) is 8.82. The van der Waals surface area contributed by atoms with E-state index in [4.69, 9.17) is 12.2 Å². The van der Waals surface area contributed by atoms with Crippen LogP contribution in [0.3, 0.4) is 0 Å². The monoisotopic (exact) mass is 329 g/mol. The third-order valence-electron chi connectivity index (χ3n) is 4.34. The van der Waals surface area contributed by atoms with Crippen molar-refractivity contribution in [2.24, 2.45) is 5.10 Å². The summed E-state index contributed by atoms with van der Waals surface area (Å²) in [5.41, 5.74) is 9.05. The number of benzene rings is 1. The molecule has 0 atom stereocenters. The average molecular weight is 330 g/mol. The van der Waals surface area contributed by atoms with Crippen molar-refractivity contribution < 1.29 is 0 Å². The number of anilines is 1. The zero-order valence-corrected chi connectivity index (χ0v) is 15.2. The van der Waals surface area contributed by atoms with Crippen LogP contribution in [0.4, 0.5) is 5.69 Å². The number of hydrazone groups is 1. The van der Waals surface area contributed by atoms with Crippen LogP contribution in [0.5, 0.6) is 0 Å². The molecule has 0 saturated heterocycles. The first-order chi connectivity index (χ1) is 11.1. The van der Waals surface area contributed by atoms with Gasteiger partial charge in [-0.1, -0.05) is 38.0 Å². The van der Waals surface area contributed by atoms with Crippen molar-refractivity contribution in [1.82, 2.24) is 5.43 Å². The number of allylic oxidation sites excluding steroid dienone is 2. The Morgan fingerprint density at radius 3 is 2.87 bits per heavy atom. The summed E-state index contributed by atoms with van der Waals surface area (Å²) < 4.78 is 0. The maximum absolute atomic E-state index is 5.37. The van der Waals surface area contributed by atoms with Crippen molar-refractivity contribution >= 4 is 28.7 Å². The molecule has 0 bridgehead atoms. The minimum atomic E-state index is 0.547. The van der Waals surface area contributed by atoms with Gasteiger partial charge in [-0.25, -0.2) is 0 Å². The Labute approximate surface area is 145 Å². The molecule has 0 unspecified atom stereocenters. The highest BCUT2D eigenvalue weighted by Gasteiger charge is 2.13. The van der Waals surface area contributed by atoms with Gasteiger partial charge in [0, 0.05) is 5.69 Å². The zero-order valence-electron chi connectivity index (χ0n) is 14.4. The summed E-state index contributed by atoms with van der Waals surface area (Å²) >= 11 is 5.37. The summed E-state index contributed by atoms with van der Waals surface area (Å²) in [5, 5.41) is 8.31.